The Hall–Kier alpha value is -0.870. The van der Waals surface area contributed by atoms with Crippen LogP contribution in [0.15, 0.2) is 28.7 Å². The lowest BCUT2D eigenvalue weighted by Crippen LogP contribution is -2.51. The highest BCUT2D eigenvalue weighted by Gasteiger charge is 2.34. The minimum absolute atomic E-state index is 0.0558. The summed E-state index contributed by atoms with van der Waals surface area (Å²) in [5.74, 6) is -0.0650. The van der Waals surface area contributed by atoms with Crippen LogP contribution in [-0.2, 0) is 10.3 Å². The molecule has 0 spiro atoms. The molecule has 0 radical (unpaired) electrons. The third-order valence-electron chi connectivity index (χ3n) is 2.95. The Morgan fingerprint density at radius 2 is 1.68 bits per heavy atom. The topological polar surface area (TPSA) is 46.3 Å². The van der Waals surface area contributed by atoms with Gasteiger partial charge < -0.3 is 10.6 Å². The monoisotopic (exact) mass is 326 g/mol. The lowest BCUT2D eigenvalue weighted by Gasteiger charge is -2.33. The lowest BCUT2D eigenvalue weighted by atomic mass is 9.90. The summed E-state index contributed by atoms with van der Waals surface area (Å²) < 4.78 is 0.975. The third-order valence-corrected chi connectivity index (χ3v) is 3.48. The molecule has 0 heterocycles. The van der Waals surface area contributed by atoms with Crippen LogP contribution in [-0.4, -0.2) is 24.4 Å². The minimum atomic E-state index is -0.999. The Labute approximate surface area is 124 Å². The van der Waals surface area contributed by atoms with E-state index in [0.717, 1.165) is 10.0 Å². The van der Waals surface area contributed by atoms with Crippen molar-refractivity contribution in [2.45, 2.75) is 33.2 Å². The van der Waals surface area contributed by atoms with Crippen molar-refractivity contribution in [3.8, 4) is 0 Å². The van der Waals surface area contributed by atoms with Gasteiger partial charge in [-0.05, 0) is 30.0 Å². The molecule has 1 amide bonds. The summed E-state index contributed by atoms with van der Waals surface area (Å²) in [4.78, 5) is 14.2. The second-order valence-electron chi connectivity index (χ2n) is 6.43. The van der Waals surface area contributed by atoms with E-state index in [-0.39, 0.29) is 11.3 Å². The van der Waals surface area contributed by atoms with E-state index in [1.165, 1.54) is 0 Å². The molecule has 0 aliphatic heterocycles. The molecule has 1 aromatic carbocycles. The van der Waals surface area contributed by atoms with E-state index < -0.39 is 5.54 Å². The van der Waals surface area contributed by atoms with Crippen LogP contribution >= 0.6 is 15.9 Å². The SMILES string of the molecule is CN(CC(C)(C)C)C(=O)C(C)(N)c1ccc(Br)cc1. The van der Waals surface area contributed by atoms with Gasteiger partial charge in [0.25, 0.3) is 0 Å². The fourth-order valence-corrected chi connectivity index (χ4v) is 2.36. The fourth-order valence-electron chi connectivity index (χ4n) is 2.10. The first kappa shape index (κ1) is 16.2. The molecule has 0 aliphatic carbocycles. The van der Waals surface area contributed by atoms with Gasteiger partial charge in [0.15, 0.2) is 0 Å². The van der Waals surface area contributed by atoms with Gasteiger partial charge in [0.1, 0.15) is 5.54 Å². The highest BCUT2D eigenvalue weighted by molar-refractivity contribution is 9.10. The Kier molecular flexibility index (Phi) is 4.80. The Morgan fingerprint density at radius 3 is 2.11 bits per heavy atom. The van der Waals surface area contributed by atoms with Gasteiger partial charge in [-0.1, -0.05) is 48.8 Å². The van der Waals surface area contributed by atoms with Crippen LogP contribution in [0.1, 0.15) is 33.3 Å². The van der Waals surface area contributed by atoms with Gasteiger partial charge in [-0.3, -0.25) is 4.79 Å². The summed E-state index contributed by atoms with van der Waals surface area (Å²) in [6.07, 6.45) is 0. The summed E-state index contributed by atoms with van der Waals surface area (Å²) in [6.45, 7) is 8.74. The van der Waals surface area contributed by atoms with Crippen LogP contribution in [0.2, 0.25) is 0 Å². The van der Waals surface area contributed by atoms with Crippen LogP contribution in [0, 0.1) is 5.41 Å². The maximum atomic E-state index is 12.5. The molecule has 0 saturated carbocycles. The number of benzene rings is 1. The molecule has 0 aliphatic rings. The number of amides is 1. The molecular weight excluding hydrogens is 304 g/mol. The predicted octanol–water partition coefficient (Wildman–Crippen LogP) is 3.13. The molecule has 0 bridgehead atoms. The number of hydrogen-bond acceptors (Lipinski definition) is 2. The average molecular weight is 327 g/mol. The number of carbonyl (C=O) groups is 1. The van der Waals surface area contributed by atoms with Crippen molar-refractivity contribution in [3.63, 3.8) is 0 Å². The molecule has 106 valence electrons. The quantitative estimate of drug-likeness (QED) is 0.927. The second kappa shape index (κ2) is 5.63. The zero-order chi connectivity index (χ0) is 14.8. The molecule has 1 aromatic rings. The van der Waals surface area contributed by atoms with Crippen LogP contribution < -0.4 is 5.73 Å². The molecule has 1 atom stereocenters. The fraction of sp³-hybridized carbons (Fsp3) is 0.533. The first-order valence-electron chi connectivity index (χ1n) is 6.34. The number of likely N-dealkylation sites (N-methyl/N-ethyl adjacent to an activating group) is 1. The number of nitrogens with two attached hydrogens (primary N) is 1. The van der Waals surface area contributed by atoms with Gasteiger partial charge in [-0.2, -0.15) is 0 Å². The second-order valence-corrected chi connectivity index (χ2v) is 7.35. The Morgan fingerprint density at radius 1 is 1.21 bits per heavy atom. The number of hydrogen-bond donors (Lipinski definition) is 1. The molecule has 19 heavy (non-hydrogen) atoms. The van der Waals surface area contributed by atoms with E-state index in [4.69, 9.17) is 5.73 Å². The van der Waals surface area contributed by atoms with Crippen molar-refractivity contribution in [1.29, 1.82) is 0 Å². The first-order valence-corrected chi connectivity index (χ1v) is 7.14. The molecular formula is C15H23BrN2O. The van der Waals surface area contributed by atoms with Gasteiger partial charge >= 0.3 is 0 Å². The van der Waals surface area contributed by atoms with Gasteiger partial charge in [0.2, 0.25) is 5.91 Å². The van der Waals surface area contributed by atoms with Crippen LogP contribution in [0.5, 0.6) is 0 Å². The third kappa shape index (κ3) is 4.32. The smallest absolute Gasteiger partial charge is 0.246 e. The molecule has 1 rings (SSSR count). The Balaban J connectivity index is 2.93. The number of halogens is 1. The van der Waals surface area contributed by atoms with Crippen molar-refractivity contribution in [2.24, 2.45) is 11.1 Å². The average Bonchev–Trinajstić information content (AvgIpc) is 2.26. The Bertz CT molecular complexity index is 446. The summed E-state index contributed by atoms with van der Waals surface area (Å²) in [7, 11) is 1.80. The summed E-state index contributed by atoms with van der Waals surface area (Å²) in [5, 5.41) is 0. The lowest BCUT2D eigenvalue weighted by molar-refractivity contribution is -0.136. The van der Waals surface area contributed by atoms with Crippen LogP contribution in [0.3, 0.4) is 0 Å². The molecule has 2 N–H and O–H groups in total. The normalized spacial score (nSPS) is 14.9. The van der Waals surface area contributed by atoms with Crippen molar-refractivity contribution < 1.29 is 4.79 Å². The zero-order valence-corrected chi connectivity index (χ0v) is 13.9. The number of carbonyl (C=O) groups excluding carboxylic acids is 1. The van der Waals surface area contributed by atoms with E-state index in [0.29, 0.717) is 6.54 Å². The van der Waals surface area contributed by atoms with Gasteiger partial charge in [0.05, 0.1) is 0 Å². The first-order chi connectivity index (χ1) is 8.54. The van der Waals surface area contributed by atoms with Crippen LogP contribution in [0.4, 0.5) is 0 Å². The maximum absolute atomic E-state index is 12.5. The summed E-state index contributed by atoms with van der Waals surface area (Å²) in [5.41, 5.74) is 6.12. The highest BCUT2D eigenvalue weighted by atomic mass is 79.9. The molecule has 0 saturated heterocycles. The molecule has 0 aromatic heterocycles. The number of rotatable bonds is 3. The minimum Gasteiger partial charge on any atom is -0.343 e. The standard InChI is InChI=1S/C15H23BrN2O/c1-14(2,3)10-18(5)13(19)15(4,17)11-6-8-12(16)9-7-11/h6-9H,10,17H2,1-5H3. The van der Waals surface area contributed by atoms with E-state index in [1.54, 1.807) is 18.9 Å². The van der Waals surface area contributed by atoms with E-state index in [1.807, 2.05) is 24.3 Å². The van der Waals surface area contributed by atoms with E-state index >= 15 is 0 Å². The zero-order valence-electron chi connectivity index (χ0n) is 12.3. The van der Waals surface area contributed by atoms with Crippen molar-refractivity contribution in [2.75, 3.05) is 13.6 Å². The predicted molar refractivity (Wildman–Crippen MR) is 82.8 cm³/mol. The van der Waals surface area contributed by atoms with E-state index in [2.05, 4.69) is 36.7 Å². The van der Waals surface area contributed by atoms with Crippen molar-refractivity contribution in [3.05, 3.63) is 34.3 Å². The van der Waals surface area contributed by atoms with Crippen molar-refractivity contribution in [1.82, 2.24) is 4.90 Å². The number of nitrogens with zero attached hydrogens (tertiary/aromatic N) is 1. The van der Waals surface area contributed by atoms with E-state index in [9.17, 15) is 4.79 Å². The van der Waals surface area contributed by atoms with Crippen molar-refractivity contribution >= 4 is 21.8 Å². The van der Waals surface area contributed by atoms with Gasteiger partial charge in [0, 0.05) is 18.1 Å². The molecule has 1 unspecified atom stereocenters. The summed E-state index contributed by atoms with van der Waals surface area (Å²) in [6, 6.07) is 7.56. The highest BCUT2D eigenvalue weighted by Crippen LogP contribution is 2.24. The molecule has 4 heteroatoms. The maximum Gasteiger partial charge on any atom is 0.246 e. The van der Waals surface area contributed by atoms with Gasteiger partial charge in [-0.15, -0.1) is 0 Å². The molecule has 3 nitrogen and oxygen atoms in total. The molecule has 0 fully saturated rings. The largest absolute Gasteiger partial charge is 0.343 e. The summed E-state index contributed by atoms with van der Waals surface area (Å²) >= 11 is 3.38. The van der Waals surface area contributed by atoms with Crippen LogP contribution in [0.25, 0.3) is 0 Å². The van der Waals surface area contributed by atoms with Gasteiger partial charge in [-0.25, -0.2) is 0 Å².